The van der Waals surface area contributed by atoms with Gasteiger partial charge in [0.1, 0.15) is 13.2 Å². The van der Waals surface area contributed by atoms with Crippen LogP contribution < -0.4 is 0 Å². The van der Waals surface area contributed by atoms with E-state index >= 15 is 0 Å². The summed E-state index contributed by atoms with van der Waals surface area (Å²) in [5.74, 6) is 0. The summed E-state index contributed by atoms with van der Waals surface area (Å²) in [4.78, 5) is 9.80. The Labute approximate surface area is 71.9 Å². The van der Waals surface area contributed by atoms with E-state index in [0.717, 1.165) is 0 Å². The van der Waals surface area contributed by atoms with Crippen LogP contribution in [0.1, 0.15) is 13.8 Å². The topological polar surface area (TPSA) is 76.0 Å². The summed E-state index contributed by atoms with van der Waals surface area (Å²) in [7, 11) is 0. The summed E-state index contributed by atoms with van der Waals surface area (Å²) in [6.45, 7) is 4.69. The highest BCUT2D eigenvalue weighted by atomic mass is 16.8. The standard InChI is InChI=1S/C3H4O3.2C2H6O/c4-3-5-1-2-6-3;2*1-2-3/h1-2H2;2*3H,2H2,1H3. The lowest BCUT2D eigenvalue weighted by Gasteiger charge is -1.78. The second-order valence-electron chi connectivity index (χ2n) is 1.58. The highest BCUT2D eigenvalue weighted by Gasteiger charge is 2.09. The number of cyclic esters (lactones) is 2. The molecule has 5 heteroatoms. The third-order valence-corrected chi connectivity index (χ3v) is 0.523. The summed E-state index contributed by atoms with van der Waals surface area (Å²) >= 11 is 0. The van der Waals surface area contributed by atoms with Crippen molar-refractivity contribution < 1.29 is 24.5 Å². The minimum Gasteiger partial charge on any atom is -0.431 e. The van der Waals surface area contributed by atoms with Gasteiger partial charge in [0, 0.05) is 13.2 Å². The predicted octanol–water partition coefficient (Wildman–Crippen LogP) is 0.150. The van der Waals surface area contributed by atoms with Gasteiger partial charge < -0.3 is 19.7 Å². The Kier molecular flexibility index (Phi) is 14.7. The van der Waals surface area contributed by atoms with Crippen molar-refractivity contribution in [1.82, 2.24) is 0 Å². The molecule has 0 radical (unpaired) electrons. The first-order chi connectivity index (χ1) is 5.72. The first-order valence-corrected chi connectivity index (χ1v) is 3.74. The smallest absolute Gasteiger partial charge is 0.431 e. The van der Waals surface area contributed by atoms with E-state index in [1.165, 1.54) is 0 Å². The lowest BCUT2D eigenvalue weighted by molar-refractivity contribution is 0.131. The predicted molar refractivity (Wildman–Crippen MR) is 42.8 cm³/mol. The van der Waals surface area contributed by atoms with E-state index in [9.17, 15) is 4.79 Å². The van der Waals surface area contributed by atoms with Crippen molar-refractivity contribution in [3.05, 3.63) is 0 Å². The number of hydrogen-bond donors (Lipinski definition) is 2. The Morgan fingerprint density at radius 2 is 1.42 bits per heavy atom. The normalized spacial score (nSPS) is 12.8. The molecule has 0 aromatic carbocycles. The molecular weight excluding hydrogens is 164 g/mol. The minimum atomic E-state index is -0.546. The van der Waals surface area contributed by atoms with Crippen LogP contribution >= 0.6 is 0 Å². The van der Waals surface area contributed by atoms with E-state index in [0.29, 0.717) is 13.2 Å². The first-order valence-electron chi connectivity index (χ1n) is 3.74. The molecule has 0 amide bonds. The van der Waals surface area contributed by atoms with Crippen molar-refractivity contribution in [2.45, 2.75) is 13.8 Å². The fourth-order valence-electron chi connectivity index (χ4n) is 0.292. The Morgan fingerprint density at radius 3 is 1.50 bits per heavy atom. The van der Waals surface area contributed by atoms with E-state index in [4.69, 9.17) is 10.2 Å². The van der Waals surface area contributed by atoms with Crippen molar-refractivity contribution in [3.63, 3.8) is 0 Å². The number of rotatable bonds is 0. The molecule has 0 aromatic heterocycles. The molecule has 0 atom stereocenters. The van der Waals surface area contributed by atoms with Gasteiger partial charge in [-0.1, -0.05) is 0 Å². The van der Waals surface area contributed by atoms with Crippen LogP contribution in [-0.4, -0.2) is 42.8 Å². The van der Waals surface area contributed by atoms with Crippen molar-refractivity contribution in [1.29, 1.82) is 0 Å². The molecule has 0 spiro atoms. The molecule has 0 aromatic rings. The molecule has 12 heavy (non-hydrogen) atoms. The van der Waals surface area contributed by atoms with E-state index < -0.39 is 6.16 Å². The van der Waals surface area contributed by atoms with Gasteiger partial charge in [-0.25, -0.2) is 4.79 Å². The minimum absolute atomic E-state index is 0.250. The lowest BCUT2D eigenvalue weighted by Crippen LogP contribution is -1.88. The summed E-state index contributed by atoms with van der Waals surface area (Å²) in [5.41, 5.74) is 0. The van der Waals surface area contributed by atoms with Gasteiger partial charge >= 0.3 is 6.16 Å². The number of carbonyl (C=O) groups is 1. The van der Waals surface area contributed by atoms with Gasteiger partial charge in [-0.3, -0.25) is 0 Å². The second-order valence-corrected chi connectivity index (χ2v) is 1.58. The second kappa shape index (κ2) is 12.8. The fraction of sp³-hybridized carbons (Fsp3) is 0.857. The van der Waals surface area contributed by atoms with Crippen LogP contribution in [0.4, 0.5) is 4.79 Å². The average molecular weight is 180 g/mol. The molecule has 0 aliphatic carbocycles. The monoisotopic (exact) mass is 180 g/mol. The third-order valence-electron chi connectivity index (χ3n) is 0.523. The number of hydrogen-bond acceptors (Lipinski definition) is 5. The zero-order valence-corrected chi connectivity index (χ0v) is 7.45. The van der Waals surface area contributed by atoms with Crippen molar-refractivity contribution in [2.75, 3.05) is 26.4 Å². The molecule has 5 nitrogen and oxygen atoms in total. The van der Waals surface area contributed by atoms with E-state index in [1.807, 2.05) is 0 Å². The number of aliphatic hydroxyl groups excluding tert-OH is 2. The molecule has 1 saturated heterocycles. The van der Waals surface area contributed by atoms with Crippen LogP contribution in [-0.2, 0) is 9.47 Å². The summed E-state index contributed by atoms with van der Waals surface area (Å²) in [6, 6.07) is 0. The maximum Gasteiger partial charge on any atom is 0.508 e. The van der Waals surface area contributed by atoms with Gasteiger partial charge in [-0.05, 0) is 13.8 Å². The Balaban J connectivity index is 0. The molecule has 1 aliphatic rings. The summed E-state index contributed by atoms with van der Waals surface area (Å²) < 4.78 is 8.58. The molecule has 2 N–H and O–H groups in total. The van der Waals surface area contributed by atoms with Crippen LogP contribution in [0.2, 0.25) is 0 Å². The number of carbonyl (C=O) groups excluding carboxylic acids is 1. The maximum absolute atomic E-state index is 9.80. The fourth-order valence-corrected chi connectivity index (χ4v) is 0.292. The van der Waals surface area contributed by atoms with Crippen LogP contribution in [0.25, 0.3) is 0 Å². The summed E-state index contributed by atoms with van der Waals surface area (Å²) in [5, 5.41) is 15.1. The van der Waals surface area contributed by atoms with Gasteiger partial charge in [-0.15, -0.1) is 0 Å². The SMILES string of the molecule is CCO.CCO.O=C1OCCO1. The zero-order valence-electron chi connectivity index (χ0n) is 7.45. The van der Waals surface area contributed by atoms with Crippen LogP contribution in [0.5, 0.6) is 0 Å². The Hall–Kier alpha value is -0.810. The van der Waals surface area contributed by atoms with Crippen molar-refractivity contribution >= 4 is 6.16 Å². The van der Waals surface area contributed by atoms with Crippen LogP contribution in [0, 0.1) is 0 Å². The van der Waals surface area contributed by atoms with Gasteiger partial charge in [-0.2, -0.15) is 0 Å². The highest BCUT2D eigenvalue weighted by molar-refractivity contribution is 5.61. The largest absolute Gasteiger partial charge is 0.508 e. The molecule has 1 fully saturated rings. The van der Waals surface area contributed by atoms with Gasteiger partial charge in [0.15, 0.2) is 0 Å². The lowest BCUT2D eigenvalue weighted by atomic mass is 10.8. The van der Waals surface area contributed by atoms with E-state index in [2.05, 4.69) is 9.47 Å². The Bertz CT molecular complexity index is 83.8. The van der Waals surface area contributed by atoms with Gasteiger partial charge in [0.25, 0.3) is 0 Å². The molecule has 0 saturated carbocycles. The third kappa shape index (κ3) is 16.1. The zero-order chi connectivity index (χ0) is 9.82. The molecule has 1 heterocycles. The van der Waals surface area contributed by atoms with Crippen molar-refractivity contribution in [3.8, 4) is 0 Å². The quantitative estimate of drug-likeness (QED) is 0.519. The van der Waals surface area contributed by atoms with Crippen LogP contribution in [0.15, 0.2) is 0 Å². The maximum atomic E-state index is 9.80. The van der Waals surface area contributed by atoms with Crippen LogP contribution in [0.3, 0.4) is 0 Å². The molecule has 0 unspecified atom stereocenters. The number of aliphatic hydroxyl groups is 2. The first kappa shape index (κ1) is 13.8. The van der Waals surface area contributed by atoms with E-state index in [-0.39, 0.29) is 13.2 Å². The van der Waals surface area contributed by atoms with Crippen molar-refractivity contribution in [2.24, 2.45) is 0 Å². The molecule has 1 aliphatic heterocycles. The summed E-state index contributed by atoms with van der Waals surface area (Å²) in [6.07, 6.45) is -0.546. The molecule has 74 valence electrons. The molecular formula is C7H16O5. The number of ether oxygens (including phenoxy) is 2. The molecule has 1 rings (SSSR count). The highest BCUT2D eigenvalue weighted by Crippen LogP contribution is 1.92. The average Bonchev–Trinajstić information content (AvgIpc) is 2.43. The van der Waals surface area contributed by atoms with Gasteiger partial charge in [0.05, 0.1) is 0 Å². The van der Waals surface area contributed by atoms with Gasteiger partial charge in [0.2, 0.25) is 0 Å². The molecule has 0 bridgehead atoms. The Morgan fingerprint density at radius 1 is 1.17 bits per heavy atom. The van der Waals surface area contributed by atoms with E-state index in [1.54, 1.807) is 13.8 Å².